The minimum atomic E-state index is -1.54. The van der Waals surface area contributed by atoms with Crippen LogP contribution in [0.3, 0.4) is 0 Å². The van der Waals surface area contributed by atoms with Crippen LogP contribution in [-0.4, -0.2) is 64.0 Å². The van der Waals surface area contributed by atoms with Gasteiger partial charge in [0.25, 0.3) is 0 Å². The molecule has 9 heteroatoms. The molecule has 4 N–H and O–H groups in total. The highest BCUT2D eigenvalue weighted by atomic mass is 35.5. The van der Waals surface area contributed by atoms with Crippen molar-refractivity contribution in [3.8, 4) is 11.5 Å². The molecule has 3 aromatic carbocycles. The van der Waals surface area contributed by atoms with Crippen LogP contribution in [0.2, 0.25) is 5.02 Å². The first-order chi connectivity index (χ1) is 17.8. The Kier molecular flexibility index (Phi) is 8.68. The van der Waals surface area contributed by atoms with Gasteiger partial charge in [0.05, 0.1) is 6.61 Å². The number of hydrogen-bond donors (Lipinski definition) is 4. The van der Waals surface area contributed by atoms with Gasteiger partial charge in [-0.05, 0) is 60.4 Å². The first-order valence-electron chi connectivity index (χ1n) is 11.9. The summed E-state index contributed by atoms with van der Waals surface area (Å²) in [6.45, 7) is 2.09. The maximum absolute atomic E-state index is 12.4. The number of rotatable bonds is 8. The van der Waals surface area contributed by atoms with E-state index in [4.69, 9.17) is 25.8 Å². The van der Waals surface area contributed by atoms with Crippen molar-refractivity contribution in [2.24, 2.45) is 0 Å². The summed E-state index contributed by atoms with van der Waals surface area (Å²) in [5.74, 6) is -0.283. The van der Waals surface area contributed by atoms with E-state index in [9.17, 15) is 25.2 Å². The molecule has 1 heterocycles. The first-order valence-corrected chi connectivity index (χ1v) is 12.3. The van der Waals surface area contributed by atoms with Crippen molar-refractivity contribution >= 4 is 17.6 Å². The molecule has 0 bridgehead atoms. The molecule has 1 saturated heterocycles. The molecule has 0 aliphatic carbocycles. The van der Waals surface area contributed by atoms with Gasteiger partial charge in [-0.15, -0.1) is 0 Å². The van der Waals surface area contributed by atoms with Gasteiger partial charge in [0.1, 0.15) is 54.2 Å². The fourth-order valence-electron chi connectivity index (χ4n) is 4.24. The third kappa shape index (κ3) is 6.23. The number of carbonyl (C=O) groups excluding carboxylic acids is 1. The second-order valence-electron chi connectivity index (χ2n) is 8.79. The number of hydrogen-bond acceptors (Lipinski definition) is 8. The van der Waals surface area contributed by atoms with E-state index in [0.717, 1.165) is 16.9 Å². The first kappa shape index (κ1) is 26.9. The predicted octanol–water partition coefficient (Wildman–Crippen LogP) is 3.41. The van der Waals surface area contributed by atoms with E-state index in [0.29, 0.717) is 23.6 Å². The number of aromatic hydroxyl groups is 1. The lowest BCUT2D eigenvalue weighted by Crippen LogP contribution is -2.55. The maximum atomic E-state index is 12.4. The molecule has 1 fully saturated rings. The molecule has 0 amide bonds. The topological polar surface area (TPSA) is 126 Å². The molecule has 0 aromatic heterocycles. The SMILES string of the molecule is CCOc1ccc(Cc2cc([C@@H]3O[C@H](COC(=O)c4ccccc4O)[C@@H](O)[C@H](O)[C@H]3O)ccc2Cl)cc1. The highest BCUT2D eigenvalue weighted by molar-refractivity contribution is 6.31. The summed E-state index contributed by atoms with van der Waals surface area (Å²) in [6.07, 6.45) is -6.10. The molecule has 1 aliphatic heterocycles. The van der Waals surface area contributed by atoms with Gasteiger partial charge in [0.2, 0.25) is 0 Å². The summed E-state index contributed by atoms with van der Waals surface area (Å²) in [7, 11) is 0. The minimum Gasteiger partial charge on any atom is -0.507 e. The number of phenolic OH excluding ortho intramolecular Hbond substituents is 1. The van der Waals surface area contributed by atoms with Crippen LogP contribution < -0.4 is 4.74 Å². The normalized spacial score (nSPS) is 23.4. The molecular weight excluding hydrogens is 500 g/mol. The fraction of sp³-hybridized carbons (Fsp3) is 0.321. The van der Waals surface area contributed by atoms with Crippen LogP contribution in [0.15, 0.2) is 66.7 Å². The van der Waals surface area contributed by atoms with E-state index in [1.807, 2.05) is 31.2 Å². The highest BCUT2D eigenvalue weighted by Gasteiger charge is 2.44. The Morgan fingerprint density at radius 3 is 2.41 bits per heavy atom. The molecule has 1 aliphatic rings. The van der Waals surface area contributed by atoms with Crippen molar-refractivity contribution in [1.82, 2.24) is 0 Å². The number of halogens is 1. The summed E-state index contributed by atoms with van der Waals surface area (Å²) in [4.78, 5) is 12.4. The summed E-state index contributed by atoms with van der Waals surface area (Å²) >= 11 is 6.44. The molecule has 0 spiro atoms. The lowest BCUT2D eigenvalue weighted by Gasteiger charge is -2.40. The van der Waals surface area contributed by atoms with Crippen LogP contribution in [0.25, 0.3) is 0 Å². The maximum Gasteiger partial charge on any atom is 0.342 e. The van der Waals surface area contributed by atoms with Crippen LogP contribution in [0.4, 0.5) is 0 Å². The van der Waals surface area contributed by atoms with E-state index in [-0.39, 0.29) is 11.3 Å². The second kappa shape index (κ2) is 11.9. The monoisotopic (exact) mass is 528 g/mol. The number of esters is 1. The molecule has 3 aromatic rings. The third-order valence-electron chi connectivity index (χ3n) is 6.24. The van der Waals surface area contributed by atoms with Gasteiger partial charge >= 0.3 is 5.97 Å². The quantitative estimate of drug-likeness (QED) is 0.328. The lowest BCUT2D eigenvalue weighted by atomic mass is 9.90. The number of aliphatic hydroxyl groups excluding tert-OH is 3. The molecule has 4 rings (SSSR count). The Bertz CT molecular complexity index is 1220. The van der Waals surface area contributed by atoms with Crippen LogP contribution in [0.1, 0.15) is 40.1 Å². The molecule has 0 radical (unpaired) electrons. The highest BCUT2D eigenvalue weighted by Crippen LogP contribution is 2.35. The van der Waals surface area contributed by atoms with Crippen molar-refractivity contribution in [1.29, 1.82) is 0 Å². The molecule has 0 unspecified atom stereocenters. The molecule has 0 saturated carbocycles. The van der Waals surface area contributed by atoms with E-state index in [1.165, 1.54) is 12.1 Å². The van der Waals surface area contributed by atoms with Crippen molar-refractivity contribution in [3.63, 3.8) is 0 Å². The van der Waals surface area contributed by atoms with Crippen molar-refractivity contribution < 1.29 is 39.4 Å². The predicted molar refractivity (Wildman–Crippen MR) is 136 cm³/mol. The van der Waals surface area contributed by atoms with Crippen LogP contribution in [-0.2, 0) is 15.9 Å². The van der Waals surface area contributed by atoms with Crippen molar-refractivity contribution in [2.75, 3.05) is 13.2 Å². The van der Waals surface area contributed by atoms with E-state index >= 15 is 0 Å². The van der Waals surface area contributed by atoms with Gasteiger partial charge in [0, 0.05) is 5.02 Å². The van der Waals surface area contributed by atoms with Gasteiger partial charge in [-0.2, -0.15) is 0 Å². The number of para-hydroxylation sites is 1. The Morgan fingerprint density at radius 2 is 1.70 bits per heavy atom. The average Bonchev–Trinajstić information content (AvgIpc) is 2.90. The largest absolute Gasteiger partial charge is 0.507 e. The minimum absolute atomic E-state index is 0.0402. The standard InChI is InChI=1S/C28H29ClO8/c1-2-35-19-10-7-16(8-11-19)13-18-14-17(9-12-21(18)29)27-26(33)25(32)24(31)23(37-27)15-36-28(34)20-5-3-4-6-22(20)30/h3-12,14,23-27,30-33H,2,13,15H2,1H3/t23-,24-,25+,26-,27+/m1/s1. The Labute approximate surface area is 219 Å². The van der Waals surface area contributed by atoms with E-state index in [1.54, 1.807) is 30.3 Å². The van der Waals surface area contributed by atoms with E-state index in [2.05, 4.69) is 0 Å². The summed E-state index contributed by atoms with van der Waals surface area (Å²) in [6, 6.07) is 18.7. The van der Waals surface area contributed by atoms with Gasteiger partial charge in [-0.3, -0.25) is 0 Å². The molecule has 5 atom stereocenters. The smallest absolute Gasteiger partial charge is 0.342 e. The molecule has 37 heavy (non-hydrogen) atoms. The fourth-order valence-corrected chi connectivity index (χ4v) is 4.43. The van der Waals surface area contributed by atoms with Crippen LogP contribution >= 0.6 is 11.6 Å². The number of carbonyl (C=O) groups is 1. The molecular formula is C28H29ClO8. The Balaban J connectivity index is 1.49. The van der Waals surface area contributed by atoms with Crippen LogP contribution in [0.5, 0.6) is 11.5 Å². The zero-order chi connectivity index (χ0) is 26.5. The zero-order valence-corrected chi connectivity index (χ0v) is 20.9. The number of ether oxygens (including phenoxy) is 3. The summed E-state index contributed by atoms with van der Waals surface area (Å²) in [5, 5.41) is 42.0. The summed E-state index contributed by atoms with van der Waals surface area (Å²) < 4.78 is 16.6. The van der Waals surface area contributed by atoms with Gasteiger partial charge in [-0.1, -0.05) is 48.0 Å². The number of benzene rings is 3. The van der Waals surface area contributed by atoms with Gasteiger partial charge < -0.3 is 34.6 Å². The third-order valence-corrected chi connectivity index (χ3v) is 6.61. The Hall–Kier alpha value is -3.14. The Morgan fingerprint density at radius 1 is 0.973 bits per heavy atom. The van der Waals surface area contributed by atoms with Gasteiger partial charge in [0.15, 0.2) is 0 Å². The molecule has 8 nitrogen and oxygen atoms in total. The van der Waals surface area contributed by atoms with Crippen LogP contribution in [0, 0.1) is 0 Å². The number of aliphatic hydroxyl groups is 3. The van der Waals surface area contributed by atoms with E-state index < -0.39 is 43.1 Å². The van der Waals surface area contributed by atoms with Gasteiger partial charge in [-0.25, -0.2) is 4.79 Å². The lowest BCUT2D eigenvalue weighted by molar-refractivity contribution is -0.231. The second-order valence-corrected chi connectivity index (χ2v) is 9.19. The average molecular weight is 529 g/mol. The number of phenols is 1. The van der Waals surface area contributed by atoms with Crippen molar-refractivity contribution in [2.45, 2.75) is 43.9 Å². The molecule has 196 valence electrons. The summed E-state index contributed by atoms with van der Waals surface area (Å²) in [5.41, 5.74) is 2.28. The zero-order valence-electron chi connectivity index (χ0n) is 20.2. The van der Waals surface area contributed by atoms with Crippen molar-refractivity contribution in [3.05, 3.63) is 94.0 Å².